The van der Waals surface area contributed by atoms with E-state index in [1.807, 2.05) is 13.0 Å². The summed E-state index contributed by atoms with van der Waals surface area (Å²) in [4.78, 5) is 30.0. The van der Waals surface area contributed by atoms with E-state index >= 15 is 0 Å². The molecule has 1 aliphatic heterocycles. The van der Waals surface area contributed by atoms with Gasteiger partial charge in [0.25, 0.3) is 0 Å². The maximum absolute atomic E-state index is 13.0. The molecule has 1 fully saturated rings. The average molecular weight is 313 g/mol. The number of amides is 2. The predicted octanol–water partition coefficient (Wildman–Crippen LogP) is 2.52. The van der Waals surface area contributed by atoms with Gasteiger partial charge in [-0.15, -0.1) is 0 Å². The average Bonchev–Trinajstić information content (AvgIpc) is 2.90. The molecule has 1 atom stereocenters. The van der Waals surface area contributed by atoms with Crippen molar-refractivity contribution in [3.8, 4) is 0 Å². The van der Waals surface area contributed by atoms with Gasteiger partial charge < -0.3 is 10.2 Å². The number of halogens is 1. The number of aryl methyl sites for hydroxylation is 1. The number of carbonyl (C=O) groups is 2. The van der Waals surface area contributed by atoms with Crippen molar-refractivity contribution < 1.29 is 14.0 Å². The van der Waals surface area contributed by atoms with Gasteiger partial charge in [0.15, 0.2) is 0 Å². The van der Waals surface area contributed by atoms with E-state index < -0.39 is 5.92 Å². The van der Waals surface area contributed by atoms with Crippen LogP contribution in [0.15, 0.2) is 42.6 Å². The van der Waals surface area contributed by atoms with Gasteiger partial charge in [0, 0.05) is 24.8 Å². The van der Waals surface area contributed by atoms with Crippen molar-refractivity contribution in [2.75, 3.05) is 16.8 Å². The molecular weight excluding hydrogens is 297 g/mol. The Morgan fingerprint density at radius 3 is 2.74 bits per heavy atom. The summed E-state index contributed by atoms with van der Waals surface area (Å²) in [6.45, 7) is 2.19. The van der Waals surface area contributed by atoms with Crippen LogP contribution in [0.5, 0.6) is 0 Å². The Bertz CT molecular complexity index is 746. The van der Waals surface area contributed by atoms with Gasteiger partial charge >= 0.3 is 0 Å². The second kappa shape index (κ2) is 6.16. The minimum absolute atomic E-state index is 0.134. The maximum atomic E-state index is 13.0. The molecule has 0 aliphatic carbocycles. The van der Waals surface area contributed by atoms with Gasteiger partial charge in [-0.3, -0.25) is 9.59 Å². The summed E-state index contributed by atoms with van der Waals surface area (Å²) in [6, 6.07) is 9.28. The summed E-state index contributed by atoms with van der Waals surface area (Å²) < 4.78 is 13.0. The van der Waals surface area contributed by atoms with E-state index in [0.717, 1.165) is 5.56 Å². The molecule has 1 aliphatic rings. The molecule has 1 unspecified atom stereocenters. The fourth-order valence-electron chi connectivity index (χ4n) is 2.59. The molecule has 1 aromatic heterocycles. The van der Waals surface area contributed by atoms with Crippen LogP contribution in [0.2, 0.25) is 0 Å². The fourth-order valence-corrected chi connectivity index (χ4v) is 2.59. The normalized spacial score (nSPS) is 17.4. The summed E-state index contributed by atoms with van der Waals surface area (Å²) in [5, 5.41) is 2.74. The molecule has 2 amide bonds. The lowest BCUT2D eigenvalue weighted by Gasteiger charge is -2.16. The zero-order chi connectivity index (χ0) is 16.4. The molecule has 2 heterocycles. The molecule has 0 spiro atoms. The number of nitrogens with zero attached hydrogens (tertiary/aromatic N) is 2. The Hall–Kier alpha value is -2.76. The summed E-state index contributed by atoms with van der Waals surface area (Å²) in [7, 11) is 0. The molecule has 118 valence electrons. The van der Waals surface area contributed by atoms with Crippen molar-refractivity contribution in [3.63, 3.8) is 0 Å². The Balaban J connectivity index is 1.69. The van der Waals surface area contributed by atoms with Crippen molar-refractivity contribution in [1.82, 2.24) is 4.98 Å². The van der Waals surface area contributed by atoms with Crippen LogP contribution >= 0.6 is 0 Å². The molecule has 3 rings (SSSR count). The van der Waals surface area contributed by atoms with Gasteiger partial charge in [-0.1, -0.05) is 0 Å². The van der Waals surface area contributed by atoms with E-state index in [-0.39, 0.29) is 30.6 Å². The third-order valence-corrected chi connectivity index (χ3v) is 3.80. The number of hydrogen-bond acceptors (Lipinski definition) is 3. The molecule has 6 heteroatoms. The van der Waals surface area contributed by atoms with Gasteiger partial charge in [0.05, 0.1) is 5.92 Å². The number of anilines is 2. The summed E-state index contributed by atoms with van der Waals surface area (Å²) in [6.07, 6.45) is 1.75. The van der Waals surface area contributed by atoms with Crippen LogP contribution < -0.4 is 10.2 Å². The molecule has 5 nitrogen and oxygen atoms in total. The summed E-state index contributed by atoms with van der Waals surface area (Å²) >= 11 is 0. The van der Waals surface area contributed by atoms with Crippen LogP contribution in [0.4, 0.5) is 15.9 Å². The SMILES string of the molecule is Cc1ccnc(NC(=O)C2CC(=O)N(c3ccc(F)cc3)C2)c1. The standard InChI is InChI=1S/C17H16FN3O2/c1-11-6-7-19-15(8-11)20-17(23)12-9-16(22)21(10-12)14-4-2-13(18)3-5-14/h2-8,12H,9-10H2,1H3,(H,19,20,23). The highest BCUT2D eigenvalue weighted by Gasteiger charge is 2.35. The Labute approximate surface area is 133 Å². The molecular formula is C17H16FN3O2. The first-order valence-electron chi connectivity index (χ1n) is 7.32. The monoisotopic (exact) mass is 313 g/mol. The van der Waals surface area contributed by atoms with Gasteiger partial charge in [-0.05, 0) is 48.9 Å². The third kappa shape index (κ3) is 3.36. The highest BCUT2D eigenvalue weighted by Crippen LogP contribution is 2.26. The smallest absolute Gasteiger partial charge is 0.230 e. The molecule has 1 aromatic carbocycles. The lowest BCUT2D eigenvalue weighted by atomic mass is 10.1. The highest BCUT2D eigenvalue weighted by atomic mass is 19.1. The number of carbonyl (C=O) groups excluding carboxylic acids is 2. The van der Waals surface area contributed by atoms with Crippen molar-refractivity contribution in [1.29, 1.82) is 0 Å². The van der Waals surface area contributed by atoms with Crippen molar-refractivity contribution in [2.24, 2.45) is 5.92 Å². The zero-order valence-corrected chi connectivity index (χ0v) is 12.6. The third-order valence-electron chi connectivity index (χ3n) is 3.80. The molecule has 0 saturated carbocycles. The summed E-state index contributed by atoms with van der Waals surface area (Å²) in [5.74, 6) is -0.715. The number of aromatic nitrogens is 1. The number of hydrogen-bond donors (Lipinski definition) is 1. The molecule has 1 N–H and O–H groups in total. The Morgan fingerprint density at radius 1 is 1.30 bits per heavy atom. The molecule has 0 radical (unpaired) electrons. The fraction of sp³-hybridized carbons (Fsp3) is 0.235. The van der Waals surface area contributed by atoms with E-state index in [4.69, 9.17) is 0 Å². The van der Waals surface area contributed by atoms with Crippen LogP contribution in [0.1, 0.15) is 12.0 Å². The van der Waals surface area contributed by atoms with E-state index in [1.165, 1.54) is 29.2 Å². The second-order valence-corrected chi connectivity index (χ2v) is 5.59. The lowest BCUT2D eigenvalue weighted by Crippen LogP contribution is -2.28. The molecule has 23 heavy (non-hydrogen) atoms. The first-order chi connectivity index (χ1) is 11.0. The van der Waals surface area contributed by atoms with Gasteiger partial charge in [0.1, 0.15) is 11.6 Å². The van der Waals surface area contributed by atoms with Crippen LogP contribution in [0, 0.1) is 18.7 Å². The number of nitrogens with one attached hydrogen (secondary N) is 1. The van der Waals surface area contributed by atoms with Gasteiger partial charge in [-0.2, -0.15) is 0 Å². The van der Waals surface area contributed by atoms with E-state index in [1.54, 1.807) is 12.3 Å². The molecule has 1 saturated heterocycles. The quantitative estimate of drug-likeness (QED) is 0.947. The van der Waals surface area contributed by atoms with Crippen LogP contribution in [0.25, 0.3) is 0 Å². The minimum Gasteiger partial charge on any atom is -0.312 e. The summed E-state index contributed by atoms with van der Waals surface area (Å²) in [5.41, 5.74) is 1.59. The second-order valence-electron chi connectivity index (χ2n) is 5.59. The van der Waals surface area contributed by atoms with Crippen molar-refractivity contribution in [2.45, 2.75) is 13.3 Å². The minimum atomic E-state index is -0.449. The van der Waals surface area contributed by atoms with Crippen LogP contribution in [0.3, 0.4) is 0 Å². The Morgan fingerprint density at radius 2 is 2.04 bits per heavy atom. The first kappa shape index (κ1) is 15.1. The zero-order valence-electron chi connectivity index (χ0n) is 12.6. The molecule has 2 aromatic rings. The highest BCUT2D eigenvalue weighted by molar-refractivity contribution is 6.03. The van der Waals surface area contributed by atoms with E-state index in [0.29, 0.717) is 11.5 Å². The lowest BCUT2D eigenvalue weighted by molar-refractivity contribution is -0.122. The van der Waals surface area contributed by atoms with Crippen LogP contribution in [-0.2, 0) is 9.59 Å². The van der Waals surface area contributed by atoms with Gasteiger partial charge in [-0.25, -0.2) is 9.37 Å². The molecule has 0 bridgehead atoms. The van der Waals surface area contributed by atoms with Crippen LogP contribution in [-0.4, -0.2) is 23.3 Å². The number of pyridine rings is 1. The largest absolute Gasteiger partial charge is 0.312 e. The number of benzene rings is 1. The predicted molar refractivity (Wildman–Crippen MR) is 84.5 cm³/mol. The Kier molecular flexibility index (Phi) is 4.06. The van der Waals surface area contributed by atoms with E-state index in [2.05, 4.69) is 10.3 Å². The topological polar surface area (TPSA) is 62.3 Å². The van der Waals surface area contributed by atoms with E-state index in [9.17, 15) is 14.0 Å². The van der Waals surface area contributed by atoms with Crippen molar-refractivity contribution in [3.05, 3.63) is 54.0 Å². The van der Waals surface area contributed by atoms with Crippen molar-refractivity contribution >= 4 is 23.3 Å². The van der Waals surface area contributed by atoms with Gasteiger partial charge in [0.2, 0.25) is 11.8 Å². The first-order valence-corrected chi connectivity index (χ1v) is 7.32. The maximum Gasteiger partial charge on any atom is 0.230 e. The number of rotatable bonds is 3.